The van der Waals surface area contributed by atoms with E-state index in [2.05, 4.69) is 45.1 Å². The molecule has 1 aromatic heterocycles. The average molecular weight is 391 g/mol. The van der Waals surface area contributed by atoms with Gasteiger partial charge in [0.15, 0.2) is 0 Å². The maximum absolute atomic E-state index is 10.6. The Bertz CT molecular complexity index is 610. The Hall–Kier alpha value is -0.640. The smallest absolute Gasteiger partial charge is 0.0630 e. The lowest BCUT2D eigenvalue weighted by molar-refractivity contribution is -0.0355. The van der Waals surface area contributed by atoms with Crippen molar-refractivity contribution in [3.05, 3.63) is 34.0 Å². The fourth-order valence-electron chi connectivity index (χ4n) is 5.42. The minimum atomic E-state index is -0.219. The van der Waals surface area contributed by atoms with Crippen LogP contribution in [-0.2, 0) is 6.42 Å². The summed E-state index contributed by atoms with van der Waals surface area (Å²) in [7, 11) is 0. The molecule has 0 radical (unpaired) electrons. The summed E-state index contributed by atoms with van der Waals surface area (Å²) in [6.45, 7) is 6.68. The SMILES string of the molecule is CCC1(C(O)C/C=C/C2[C@@H](CCCc3ccc(C)s3)C(C)C[C@H]2O)CCC1. The minimum Gasteiger partial charge on any atom is -0.392 e. The van der Waals surface area contributed by atoms with E-state index in [1.54, 1.807) is 0 Å². The molecular weight excluding hydrogens is 352 g/mol. The Morgan fingerprint density at radius 2 is 2.11 bits per heavy atom. The van der Waals surface area contributed by atoms with Gasteiger partial charge in [-0.15, -0.1) is 11.3 Å². The summed E-state index contributed by atoms with van der Waals surface area (Å²) < 4.78 is 0. The van der Waals surface area contributed by atoms with Gasteiger partial charge in [-0.3, -0.25) is 0 Å². The molecule has 5 atom stereocenters. The van der Waals surface area contributed by atoms with Crippen LogP contribution in [0.4, 0.5) is 0 Å². The van der Waals surface area contributed by atoms with Crippen LogP contribution >= 0.6 is 11.3 Å². The molecule has 0 saturated heterocycles. The molecule has 2 N–H and O–H groups in total. The van der Waals surface area contributed by atoms with Gasteiger partial charge in [0.25, 0.3) is 0 Å². The summed E-state index contributed by atoms with van der Waals surface area (Å²) in [6, 6.07) is 4.47. The number of thiophene rings is 1. The first-order chi connectivity index (χ1) is 12.9. The molecule has 27 heavy (non-hydrogen) atoms. The van der Waals surface area contributed by atoms with E-state index in [1.165, 1.54) is 41.9 Å². The van der Waals surface area contributed by atoms with Crippen LogP contribution in [0.5, 0.6) is 0 Å². The molecule has 3 heteroatoms. The van der Waals surface area contributed by atoms with Gasteiger partial charge in [-0.05, 0) is 87.7 Å². The van der Waals surface area contributed by atoms with Gasteiger partial charge in [0.05, 0.1) is 12.2 Å². The molecule has 2 saturated carbocycles. The van der Waals surface area contributed by atoms with Crippen molar-refractivity contribution in [2.45, 2.75) is 90.8 Å². The van der Waals surface area contributed by atoms with Crippen molar-refractivity contribution in [1.29, 1.82) is 0 Å². The highest BCUT2D eigenvalue weighted by molar-refractivity contribution is 7.11. The highest BCUT2D eigenvalue weighted by Crippen LogP contribution is 2.48. The van der Waals surface area contributed by atoms with Crippen molar-refractivity contribution in [3.63, 3.8) is 0 Å². The number of hydrogen-bond acceptors (Lipinski definition) is 3. The molecule has 2 aliphatic rings. The molecule has 152 valence electrons. The summed E-state index contributed by atoms with van der Waals surface area (Å²) in [6.07, 6.45) is 13.9. The predicted octanol–water partition coefficient (Wildman–Crippen LogP) is 5.90. The van der Waals surface area contributed by atoms with Crippen LogP contribution in [-0.4, -0.2) is 22.4 Å². The van der Waals surface area contributed by atoms with Gasteiger partial charge in [-0.1, -0.05) is 32.4 Å². The van der Waals surface area contributed by atoms with Gasteiger partial charge < -0.3 is 10.2 Å². The Kier molecular flexibility index (Phi) is 7.21. The van der Waals surface area contributed by atoms with Crippen molar-refractivity contribution < 1.29 is 10.2 Å². The van der Waals surface area contributed by atoms with Crippen LogP contribution in [0.1, 0.15) is 75.0 Å². The molecule has 3 rings (SSSR count). The van der Waals surface area contributed by atoms with E-state index >= 15 is 0 Å². The monoisotopic (exact) mass is 390 g/mol. The third-order valence-electron chi connectivity index (χ3n) is 7.52. The number of aliphatic hydroxyl groups excluding tert-OH is 2. The van der Waals surface area contributed by atoms with Gasteiger partial charge in [-0.2, -0.15) is 0 Å². The van der Waals surface area contributed by atoms with E-state index in [0.29, 0.717) is 11.8 Å². The minimum absolute atomic E-state index is 0.171. The van der Waals surface area contributed by atoms with Crippen molar-refractivity contribution in [2.75, 3.05) is 0 Å². The molecule has 0 amide bonds. The number of aliphatic hydroxyl groups is 2. The lowest BCUT2D eigenvalue weighted by Crippen LogP contribution is -2.40. The second-order valence-electron chi connectivity index (χ2n) is 9.18. The largest absolute Gasteiger partial charge is 0.392 e. The van der Waals surface area contributed by atoms with E-state index in [-0.39, 0.29) is 23.5 Å². The molecule has 2 aliphatic carbocycles. The molecule has 2 fully saturated rings. The topological polar surface area (TPSA) is 40.5 Å². The molecule has 1 heterocycles. The van der Waals surface area contributed by atoms with Crippen molar-refractivity contribution in [3.8, 4) is 0 Å². The van der Waals surface area contributed by atoms with E-state index in [1.807, 2.05) is 11.3 Å². The molecule has 0 bridgehead atoms. The van der Waals surface area contributed by atoms with Gasteiger partial charge >= 0.3 is 0 Å². The fraction of sp³-hybridized carbons (Fsp3) is 0.750. The maximum Gasteiger partial charge on any atom is 0.0630 e. The van der Waals surface area contributed by atoms with Crippen molar-refractivity contribution in [2.24, 2.45) is 23.2 Å². The lowest BCUT2D eigenvalue weighted by Gasteiger charge is -2.45. The first kappa shape index (κ1) is 21.1. The second-order valence-corrected chi connectivity index (χ2v) is 10.5. The Morgan fingerprint density at radius 3 is 2.70 bits per heavy atom. The van der Waals surface area contributed by atoms with Crippen LogP contribution < -0.4 is 0 Å². The number of aryl methyl sites for hydroxylation is 2. The summed E-state index contributed by atoms with van der Waals surface area (Å²) in [4.78, 5) is 2.88. The number of hydrogen-bond donors (Lipinski definition) is 2. The zero-order valence-electron chi connectivity index (χ0n) is 17.4. The second kappa shape index (κ2) is 9.24. The van der Waals surface area contributed by atoms with Crippen LogP contribution in [0.15, 0.2) is 24.3 Å². The zero-order chi connectivity index (χ0) is 19.4. The van der Waals surface area contributed by atoms with E-state index in [0.717, 1.165) is 25.7 Å². The predicted molar refractivity (Wildman–Crippen MR) is 115 cm³/mol. The van der Waals surface area contributed by atoms with Crippen LogP contribution in [0.3, 0.4) is 0 Å². The molecule has 0 spiro atoms. The van der Waals surface area contributed by atoms with Gasteiger partial charge in [0.2, 0.25) is 0 Å². The highest BCUT2D eigenvalue weighted by Gasteiger charge is 2.41. The molecule has 1 aromatic rings. The first-order valence-corrected chi connectivity index (χ1v) is 11.8. The normalized spacial score (nSPS) is 31.3. The van der Waals surface area contributed by atoms with Gasteiger partial charge in [-0.25, -0.2) is 0 Å². The van der Waals surface area contributed by atoms with Crippen LogP contribution in [0.25, 0.3) is 0 Å². The summed E-state index contributed by atoms with van der Waals surface area (Å²) in [5.41, 5.74) is 0.171. The number of rotatable bonds is 9. The van der Waals surface area contributed by atoms with E-state index < -0.39 is 0 Å². The maximum atomic E-state index is 10.6. The van der Waals surface area contributed by atoms with Crippen molar-refractivity contribution in [1.82, 2.24) is 0 Å². The fourth-order valence-corrected chi connectivity index (χ4v) is 6.36. The van der Waals surface area contributed by atoms with Crippen molar-refractivity contribution >= 4 is 11.3 Å². The lowest BCUT2D eigenvalue weighted by atomic mass is 9.63. The Labute approximate surface area is 169 Å². The third kappa shape index (κ3) is 4.86. The highest BCUT2D eigenvalue weighted by atomic mass is 32.1. The van der Waals surface area contributed by atoms with Crippen LogP contribution in [0.2, 0.25) is 0 Å². The molecule has 2 nitrogen and oxygen atoms in total. The molecule has 0 aromatic carbocycles. The molecular formula is C24H38O2S. The Morgan fingerprint density at radius 1 is 1.33 bits per heavy atom. The standard InChI is InChI=1S/C24H38O2S/c1-4-24(14-7-15-24)23(26)11-6-10-21-20(17(2)16-22(21)25)9-5-8-19-13-12-18(3)27-19/h6,10,12-13,17,20-23,25-26H,4-5,7-9,11,14-16H2,1-3H3/b10-6+/t17?,20-,21?,22+,23?/m0/s1. The molecule has 0 aliphatic heterocycles. The first-order valence-electron chi connectivity index (χ1n) is 11.0. The average Bonchev–Trinajstić information content (AvgIpc) is 3.11. The van der Waals surface area contributed by atoms with Gasteiger partial charge in [0.1, 0.15) is 0 Å². The summed E-state index contributed by atoms with van der Waals surface area (Å²) in [5, 5.41) is 21.2. The Balaban J connectivity index is 1.52. The summed E-state index contributed by atoms with van der Waals surface area (Å²) in [5.74, 6) is 1.41. The van der Waals surface area contributed by atoms with Crippen LogP contribution in [0, 0.1) is 30.1 Å². The summed E-state index contributed by atoms with van der Waals surface area (Å²) >= 11 is 1.91. The van der Waals surface area contributed by atoms with Gasteiger partial charge in [0, 0.05) is 15.7 Å². The molecule has 3 unspecified atom stereocenters. The quantitative estimate of drug-likeness (QED) is 0.515. The zero-order valence-corrected chi connectivity index (χ0v) is 18.2. The third-order valence-corrected chi connectivity index (χ3v) is 8.58. The van der Waals surface area contributed by atoms with E-state index in [9.17, 15) is 10.2 Å². The van der Waals surface area contributed by atoms with E-state index in [4.69, 9.17) is 0 Å².